The van der Waals surface area contributed by atoms with E-state index in [1.165, 1.54) is 0 Å². The molecule has 0 saturated carbocycles. The highest BCUT2D eigenvalue weighted by Crippen LogP contribution is 2.11. The summed E-state index contributed by atoms with van der Waals surface area (Å²) >= 11 is 0. The molecule has 0 spiro atoms. The van der Waals surface area contributed by atoms with Gasteiger partial charge in [0.05, 0.1) is 18.8 Å². The van der Waals surface area contributed by atoms with Crippen LogP contribution in [0.2, 0.25) is 0 Å². The van der Waals surface area contributed by atoms with Crippen molar-refractivity contribution in [1.29, 1.82) is 0 Å². The van der Waals surface area contributed by atoms with Crippen LogP contribution in [0.1, 0.15) is 28.4 Å². The van der Waals surface area contributed by atoms with Crippen molar-refractivity contribution >= 4 is 5.91 Å². The molecule has 0 bridgehead atoms. The Labute approximate surface area is 137 Å². The SMILES string of the molecule is COCc1ccccc1C(=O)NC(C)C(O)Cc1ccccc1. The fourth-order valence-electron chi connectivity index (χ4n) is 2.44. The first-order valence-electron chi connectivity index (χ1n) is 7.71. The van der Waals surface area contributed by atoms with Crippen molar-refractivity contribution in [2.75, 3.05) is 7.11 Å². The number of aliphatic hydroxyl groups excluding tert-OH is 1. The molecule has 4 nitrogen and oxygen atoms in total. The third kappa shape index (κ3) is 4.91. The molecule has 2 aromatic rings. The second-order valence-electron chi connectivity index (χ2n) is 5.61. The first kappa shape index (κ1) is 17.2. The van der Waals surface area contributed by atoms with Crippen LogP contribution in [0, 0.1) is 0 Å². The second kappa shape index (κ2) is 8.46. The zero-order valence-corrected chi connectivity index (χ0v) is 13.5. The van der Waals surface area contributed by atoms with E-state index in [2.05, 4.69) is 5.32 Å². The number of hydrogen-bond acceptors (Lipinski definition) is 3. The van der Waals surface area contributed by atoms with Crippen molar-refractivity contribution < 1.29 is 14.6 Å². The predicted octanol–water partition coefficient (Wildman–Crippen LogP) is 2.55. The Hall–Kier alpha value is -2.17. The Morgan fingerprint density at radius 1 is 1.13 bits per heavy atom. The van der Waals surface area contributed by atoms with Gasteiger partial charge in [-0.05, 0) is 24.1 Å². The maximum Gasteiger partial charge on any atom is 0.251 e. The first-order valence-corrected chi connectivity index (χ1v) is 7.71. The van der Waals surface area contributed by atoms with E-state index in [1.54, 1.807) is 13.2 Å². The van der Waals surface area contributed by atoms with Gasteiger partial charge >= 0.3 is 0 Å². The van der Waals surface area contributed by atoms with E-state index >= 15 is 0 Å². The quantitative estimate of drug-likeness (QED) is 0.826. The second-order valence-corrected chi connectivity index (χ2v) is 5.61. The van der Waals surface area contributed by atoms with Gasteiger partial charge in [-0.1, -0.05) is 48.5 Å². The lowest BCUT2D eigenvalue weighted by Gasteiger charge is -2.21. The standard InChI is InChI=1S/C19H23NO3/c1-14(18(21)12-15-8-4-3-5-9-15)20-19(22)17-11-7-6-10-16(17)13-23-2/h3-11,14,18,21H,12-13H2,1-2H3,(H,20,22). The minimum absolute atomic E-state index is 0.197. The number of carbonyl (C=O) groups excluding carboxylic acids is 1. The van der Waals surface area contributed by atoms with Crippen molar-refractivity contribution in [2.24, 2.45) is 0 Å². The summed E-state index contributed by atoms with van der Waals surface area (Å²) in [7, 11) is 1.60. The smallest absolute Gasteiger partial charge is 0.251 e. The Balaban J connectivity index is 1.99. The summed E-state index contributed by atoms with van der Waals surface area (Å²) in [6, 6.07) is 16.7. The average Bonchev–Trinajstić information content (AvgIpc) is 2.56. The highest BCUT2D eigenvalue weighted by molar-refractivity contribution is 5.95. The summed E-state index contributed by atoms with van der Waals surface area (Å²) < 4.78 is 5.12. The largest absolute Gasteiger partial charge is 0.391 e. The van der Waals surface area contributed by atoms with Crippen LogP contribution < -0.4 is 5.32 Å². The van der Waals surface area contributed by atoms with E-state index in [0.717, 1.165) is 11.1 Å². The van der Waals surface area contributed by atoms with Gasteiger partial charge in [0.15, 0.2) is 0 Å². The molecular formula is C19H23NO3. The van der Waals surface area contributed by atoms with E-state index in [4.69, 9.17) is 4.74 Å². The number of aliphatic hydroxyl groups is 1. The normalized spacial score (nSPS) is 13.3. The van der Waals surface area contributed by atoms with Crippen LogP contribution in [0.25, 0.3) is 0 Å². The van der Waals surface area contributed by atoms with E-state index < -0.39 is 6.10 Å². The van der Waals surface area contributed by atoms with Crippen LogP contribution in [-0.4, -0.2) is 30.3 Å². The van der Waals surface area contributed by atoms with Crippen LogP contribution in [-0.2, 0) is 17.8 Å². The minimum atomic E-state index is -0.643. The molecule has 122 valence electrons. The minimum Gasteiger partial charge on any atom is -0.391 e. The maximum atomic E-state index is 12.4. The summed E-state index contributed by atoms with van der Waals surface area (Å²) in [5.41, 5.74) is 2.45. The summed E-state index contributed by atoms with van der Waals surface area (Å²) in [6.45, 7) is 2.19. The zero-order valence-electron chi connectivity index (χ0n) is 13.5. The highest BCUT2D eigenvalue weighted by atomic mass is 16.5. The molecule has 2 N–H and O–H groups in total. The Kier molecular flexibility index (Phi) is 6.32. The molecule has 0 aliphatic rings. The van der Waals surface area contributed by atoms with Gasteiger partial charge in [0.25, 0.3) is 5.91 Å². The number of methoxy groups -OCH3 is 1. The van der Waals surface area contributed by atoms with E-state index in [0.29, 0.717) is 18.6 Å². The molecule has 0 aliphatic carbocycles. The molecule has 0 fully saturated rings. The lowest BCUT2D eigenvalue weighted by molar-refractivity contribution is 0.0847. The molecular weight excluding hydrogens is 290 g/mol. The molecule has 0 heterocycles. The number of carbonyl (C=O) groups is 1. The predicted molar refractivity (Wildman–Crippen MR) is 90.2 cm³/mol. The molecule has 23 heavy (non-hydrogen) atoms. The van der Waals surface area contributed by atoms with Crippen LogP contribution >= 0.6 is 0 Å². The molecule has 4 heteroatoms. The first-order chi connectivity index (χ1) is 11.1. The van der Waals surface area contributed by atoms with Crippen LogP contribution in [0.5, 0.6) is 0 Å². The average molecular weight is 313 g/mol. The fraction of sp³-hybridized carbons (Fsp3) is 0.316. The van der Waals surface area contributed by atoms with Gasteiger partial charge in [-0.15, -0.1) is 0 Å². The molecule has 0 aliphatic heterocycles. The number of hydrogen-bond donors (Lipinski definition) is 2. The van der Waals surface area contributed by atoms with Gasteiger partial charge in [-0.3, -0.25) is 4.79 Å². The van der Waals surface area contributed by atoms with Gasteiger partial charge in [0.1, 0.15) is 0 Å². The zero-order chi connectivity index (χ0) is 16.7. The third-order valence-corrected chi connectivity index (χ3v) is 3.79. The topological polar surface area (TPSA) is 58.6 Å². The monoisotopic (exact) mass is 313 g/mol. The lowest BCUT2D eigenvalue weighted by atomic mass is 10.0. The van der Waals surface area contributed by atoms with Crippen LogP contribution in [0.3, 0.4) is 0 Å². The highest BCUT2D eigenvalue weighted by Gasteiger charge is 2.19. The summed E-state index contributed by atoms with van der Waals surface area (Å²) in [4.78, 5) is 12.4. The summed E-state index contributed by atoms with van der Waals surface area (Å²) in [6.07, 6.45) is -0.141. The number of benzene rings is 2. The molecule has 2 atom stereocenters. The number of rotatable bonds is 7. The Morgan fingerprint density at radius 2 is 1.78 bits per heavy atom. The Bertz CT molecular complexity index is 628. The van der Waals surface area contributed by atoms with Gasteiger partial charge in [0.2, 0.25) is 0 Å². The van der Waals surface area contributed by atoms with Crippen molar-refractivity contribution in [1.82, 2.24) is 5.32 Å². The van der Waals surface area contributed by atoms with E-state index in [-0.39, 0.29) is 11.9 Å². The lowest BCUT2D eigenvalue weighted by Crippen LogP contribution is -2.42. The van der Waals surface area contributed by atoms with Gasteiger partial charge in [-0.2, -0.15) is 0 Å². The number of nitrogens with one attached hydrogen (secondary N) is 1. The molecule has 2 unspecified atom stereocenters. The molecule has 0 aromatic heterocycles. The van der Waals surface area contributed by atoms with Crippen molar-refractivity contribution in [3.63, 3.8) is 0 Å². The third-order valence-electron chi connectivity index (χ3n) is 3.79. The number of ether oxygens (including phenoxy) is 1. The van der Waals surface area contributed by atoms with Gasteiger partial charge in [-0.25, -0.2) is 0 Å². The Morgan fingerprint density at radius 3 is 2.48 bits per heavy atom. The summed E-state index contributed by atoms with van der Waals surface area (Å²) in [5, 5.41) is 13.2. The van der Waals surface area contributed by atoms with Gasteiger partial charge < -0.3 is 15.2 Å². The summed E-state index contributed by atoms with van der Waals surface area (Å²) in [5.74, 6) is -0.197. The fourth-order valence-corrected chi connectivity index (χ4v) is 2.44. The van der Waals surface area contributed by atoms with Crippen molar-refractivity contribution in [3.05, 3.63) is 71.3 Å². The maximum absolute atomic E-state index is 12.4. The molecule has 0 radical (unpaired) electrons. The van der Waals surface area contributed by atoms with E-state index in [1.807, 2.05) is 55.5 Å². The van der Waals surface area contributed by atoms with Gasteiger partial charge in [0, 0.05) is 19.1 Å². The van der Waals surface area contributed by atoms with Crippen LogP contribution in [0.4, 0.5) is 0 Å². The number of amides is 1. The van der Waals surface area contributed by atoms with Crippen molar-refractivity contribution in [3.8, 4) is 0 Å². The molecule has 2 aromatic carbocycles. The molecule has 0 saturated heterocycles. The van der Waals surface area contributed by atoms with Crippen LogP contribution in [0.15, 0.2) is 54.6 Å². The molecule has 2 rings (SSSR count). The van der Waals surface area contributed by atoms with E-state index in [9.17, 15) is 9.90 Å². The van der Waals surface area contributed by atoms with Crippen molar-refractivity contribution in [2.45, 2.75) is 32.1 Å². The molecule has 1 amide bonds.